The third-order valence-corrected chi connectivity index (χ3v) is 9.72. The number of Topliss-reactive ketones (excluding diaryl/α,β-unsaturated/α-hetero) is 1. The number of allylic oxidation sites excluding steroid dienone is 2. The van der Waals surface area contributed by atoms with Crippen molar-refractivity contribution in [1.29, 1.82) is 0 Å². The van der Waals surface area contributed by atoms with Crippen LogP contribution in [0, 0.1) is 23.7 Å². The Morgan fingerprint density at radius 3 is 2.22 bits per heavy atom. The summed E-state index contributed by atoms with van der Waals surface area (Å²) in [5.41, 5.74) is 2.44. The van der Waals surface area contributed by atoms with E-state index < -0.39 is 17.9 Å². The van der Waals surface area contributed by atoms with Crippen LogP contribution < -0.4 is 4.90 Å². The number of hydrogen-bond donors (Lipinski definition) is 0. The highest BCUT2D eigenvalue weighted by molar-refractivity contribution is 6.35. The summed E-state index contributed by atoms with van der Waals surface area (Å²) in [6.45, 7) is 0. The number of imide groups is 1. The van der Waals surface area contributed by atoms with E-state index in [9.17, 15) is 19.2 Å². The Bertz CT molecular complexity index is 1880. The van der Waals surface area contributed by atoms with Crippen LogP contribution in [0.1, 0.15) is 33.6 Å². The normalized spacial score (nSPS) is 22.2. The Morgan fingerprint density at radius 2 is 1.58 bits per heavy atom. The number of nitrogens with zero attached hydrogens (tertiary/aromatic N) is 2. The van der Waals surface area contributed by atoms with E-state index in [1.807, 2.05) is 0 Å². The molecule has 7 rings (SSSR count). The van der Waals surface area contributed by atoms with Gasteiger partial charge in [-0.1, -0.05) is 59.6 Å². The lowest BCUT2D eigenvalue weighted by molar-refractivity contribution is -0.123. The summed E-state index contributed by atoms with van der Waals surface area (Å²) in [5.74, 6) is -1.69. The molecule has 4 aromatic rings. The zero-order valence-electron chi connectivity index (χ0n) is 23.7. The van der Waals surface area contributed by atoms with Crippen molar-refractivity contribution in [3.63, 3.8) is 0 Å². The minimum Gasteiger partial charge on any atom is -0.450 e. The molecule has 2 bridgehead atoms. The summed E-state index contributed by atoms with van der Waals surface area (Å²) < 4.78 is 5.77. The van der Waals surface area contributed by atoms with Crippen molar-refractivity contribution in [2.24, 2.45) is 23.7 Å². The van der Waals surface area contributed by atoms with Gasteiger partial charge in [0.25, 0.3) is 0 Å². The van der Waals surface area contributed by atoms with E-state index in [1.54, 1.807) is 72.8 Å². The van der Waals surface area contributed by atoms with E-state index >= 15 is 0 Å². The van der Waals surface area contributed by atoms with Crippen molar-refractivity contribution in [3.05, 3.63) is 106 Å². The SMILES string of the molecule is O=C(OC(CCCl)C(=O)c1ccc(Cl)cc1)c1cc(-c2ccc(N3C(=O)C4C5C=CC(C5)C4C3=O)cc2)nc2c(Cl)cccc12. The van der Waals surface area contributed by atoms with E-state index in [-0.39, 0.29) is 53.4 Å². The number of ketones is 1. The molecule has 2 heterocycles. The maximum atomic E-state index is 13.7. The van der Waals surface area contributed by atoms with E-state index in [0.29, 0.717) is 43.5 Å². The molecular weight excluding hydrogens is 635 g/mol. The van der Waals surface area contributed by atoms with Crippen molar-refractivity contribution in [2.45, 2.75) is 18.9 Å². The first kappa shape index (κ1) is 29.7. The molecule has 226 valence electrons. The number of rotatable bonds is 8. The van der Waals surface area contributed by atoms with E-state index in [1.165, 1.54) is 4.90 Å². The first-order valence-electron chi connectivity index (χ1n) is 14.6. The van der Waals surface area contributed by atoms with E-state index in [2.05, 4.69) is 12.2 Å². The van der Waals surface area contributed by atoms with Crippen molar-refractivity contribution in [2.75, 3.05) is 10.8 Å². The van der Waals surface area contributed by atoms with Gasteiger partial charge in [-0.3, -0.25) is 19.3 Å². The highest BCUT2D eigenvalue weighted by Gasteiger charge is 2.59. The largest absolute Gasteiger partial charge is 0.450 e. The van der Waals surface area contributed by atoms with Gasteiger partial charge in [0.2, 0.25) is 17.6 Å². The van der Waals surface area contributed by atoms with Crippen LogP contribution in [0.3, 0.4) is 0 Å². The van der Waals surface area contributed by atoms with Gasteiger partial charge in [-0.15, -0.1) is 11.6 Å². The van der Waals surface area contributed by atoms with Crippen LogP contribution in [0.25, 0.3) is 22.2 Å². The molecular formula is C35H25Cl3N2O5. The molecule has 3 aromatic carbocycles. The molecule has 2 aliphatic carbocycles. The second kappa shape index (κ2) is 11.7. The van der Waals surface area contributed by atoms with Gasteiger partial charge >= 0.3 is 5.97 Å². The third-order valence-electron chi connectivity index (χ3n) is 8.94. The molecule has 10 heteroatoms. The van der Waals surface area contributed by atoms with Gasteiger partial charge in [-0.2, -0.15) is 0 Å². The number of para-hydroxylation sites is 1. The Balaban J connectivity index is 1.20. The fraction of sp³-hybridized carbons (Fsp3) is 0.229. The van der Waals surface area contributed by atoms with Crippen LogP contribution in [-0.2, 0) is 14.3 Å². The van der Waals surface area contributed by atoms with Crippen LogP contribution in [-0.4, -0.2) is 40.5 Å². The fourth-order valence-corrected chi connectivity index (χ4v) is 7.34. The van der Waals surface area contributed by atoms with Crippen molar-refractivity contribution >= 4 is 75.0 Å². The van der Waals surface area contributed by atoms with Gasteiger partial charge in [0, 0.05) is 33.8 Å². The number of fused-ring (bicyclic) bond motifs is 6. The quantitative estimate of drug-likeness (QED) is 0.0637. The van der Waals surface area contributed by atoms with Gasteiger partial charge in [0.15, 0.2) is 6.10 Å². The van der Waals surface area contributed by atoms with Crippen LogP contribution in [0.2, 0.25) is 10.0 Å². The maximum absolute atomic E-state index is 13.7. The number of aromatic nitrogens is 1. The Hall–Kier alpha value is -4.04. The molecule has 2 fully saturated rings. The Labute approximate surface area is 273 Å². The average Bonchev–Trinajstić information content (AvgIpc) is 3.74. The van der Waals surface area contributed by atoms with Crippen molar-refractivity contribution < 1.29 is 23.9 Å². The molecule has 1 saturated carbocycles. The standard InChI is InChI=1S/C35H25Cl3N2O5/c36-15-14-28(32(41)19-6-10-22(37)11-7-19)45-35(44)25-17-27(39-31-24(25)2-1-3-26(31)38)18-8-12-23(13-9-18)40-33(42)29-20-4-5-21(16-20)30(29)34(40)43/h1-13,17,20-21,28-30H,14-16H2. The van der Waals surface area contributed by atoms with Gasteiger partial charge in [0.05, 0.1) is 39.3 Å². The predicted octanol–water partition coefficient (Wildman–Crippen LogP) is 7.56. The van der Waals surface area contributed by atoms with Gasteiger partial charge in [-0.25, -0.2) is 9.78 Å². The zero-order valence-corrected chi connectivity index (χ0v) is 25.9. The second-order valence-electron chi connectivity index (χ2n) is 11.5. The number of halogens is 3. The molecule has 0 N–H and O–H groups in total. The van der Waals surface area contributed by atoms with Gasteiger partial charge < -0.3 is 4.74 Å². The fourth-order valence-electron chi connectivity index (χ4n) is 6.80. The topological polar surface area (TPSA) is 93.6 Å². The molecule has 0 spiro atoms. The number of esters is 1. The minimum atomic E-state index is -1.12. The molecule has 1 aliphatic heterocycles. The van der Waals surface area contributed by atoms with Crippen LogP contribution in [0.4, 0.5) is 5.69 Å². The summed E-state index contributed by atoms with van der Waals surface area (Å²) in [7, 11) is 0. The maximum Gasteiger partial charge on any atom is 0.339 e. The first-order chi connectivity index (χ1) is 21.7. The number of hydrogen-bond acceptors (Lipinski definition) is 6. The molecule has 5 atom stereocenters. The molecule has 7 nitrogen and oxygen atoms in total. The summed E-state index contributed by atoms with van der Waals surface area (Å²) in [6, 6.07) is 19.9. The van der Waals surface area contributed by atoms with Crippen molar-refractivity contribution in [3.8, 4) is 11.3 Å². The highest BCUT2D eigenvalue weighted by atomic mass is 35.5. The van der Waals surface area contributed by atoms with E-state index in [4.69, 9.17) is 44.5 Å². The summed E-state index contributed by atoms with van der Waals surface area (Å²) in [4.78, 5) is 59.5. The number of anilines is 1. The second-order valence-corrected chi connectivity index (χ2v) is 12.7. The number of alkyl halides is 1. The molecule has 1 aromatic heterocycles. The number of pyridine rings is 1. The Kier molecular flexibility index (Phi) is 7.72. The smallest absolute Gasteiger partial charge is 0.339 e. The lowest BCUT2D eigenvalue weighted by Crippen LogP contribution is -2.32. The first-order valence-corrected chi connectivity index (χ1v) is 15.9. The molecule has 3 aliphatic rings. The molecule has 1 saturated heterocycles. The lowest BCUT2D eigenvalue weighted by Gasteiger charge is -2.18. The summed E-state index contributed by atoms with van der Waals surface area (Å²) in [6.07, 6.45) is 3.98. The monoisotopic (exact) mass is 658 g/mol. The number of carbonyl (C=O) groups excluding carboxylic acids is 4. The molecule has 0 radical (unpaired) electrons. The minimum absolute atomic E-state index is 0.0964. The number of ether oxygens (including phenoxy) is 1. The summed E-state index contributed by atoms with van der Waals surface area (Å²) in [5, 5.41) is 1.26. The Morgan fingerprint density at radius 1 is 0.911 bits per heavy atom. The number of benzene rings is 3. The number of amides is 2. The van der Waals surface area contributed by atoms with Crippen molar-refractivity contribution in [1.82, 2.24) is 4.98 Å². The predicted molar refractivity (Wildman–Crippen MR) is 173 cm³/mol. The number of carbonyl (C=O) groups is 4. The molecule has 45 heavy (non-hydrogen) atoms. The average molecular weight is 660 g/mol. The molecule has 2 amide bonds. The third kappa shape index (κ3) is 5.13. The molecule has 5 unspecified atom stereocenters. The van der Waals surface area contributed by atoms with Gasteiger partial charge in [0.1, 0.15) is 0 Å². The zero-order chi connectivity index (χ0) is 31.4. The summed E-state index contributed by atoms with van der Waals surface area (Å²) >= 11 is 18.5. The van der Waals surface area contributed by atoms with Crippen LogP contribution >= 0.6 is 34.8 Å². The highest BCUT2D eigenvalue weighted by Crippen LogP contribution is 2.53. The van der Waals surface area contributed by atoms with Crippen LogP contribution in [0.15, 0.2) is 84.9 Å². The van der Waals surface area contributed by atoms with Crippen LogP contribution in [0.5, 0.6) is 0 Å². The van der Waals surface area contributed by atoms with Gasteiger partial charge in [-0.05, 0) is 66.8 Å². The van der Waals surface area contributed by atoms with E-state index in [0.717, 1.165) is 6.42 Å². The lowest BCUT2D eigenvalue weighted by atomic mass is 9.85.